The summed E-state index contributed by atoms with van der Waals surface area (Å²) in [5.41, 5.74) is 1.06. The second-order valence-electron chi connectivity index (χ2n) is 4.87. The van der Waals surface area contributed by atoms with Crippen molar-refractivity contribution >= 4 is 5.91 Å². The van der Waals surface area contributed by atoms with E-state index in [-0.39, 0.29) is 12.0 Å². The number of hydrogen-bond donors (Lipinski definition) is 0. The van der Waals surface area contributed by atoms with Crippen LogP contribution in [0.1, 0.15) is 35.2 Å². The van der Waals surface area contributed by atoms with Crippen molar-refractivity contribution < 1.29 is 9.53 Å². The zero-order chi connectivity index (χ0) is 13.7. The molecule has 0 aliphatic carbocycles. The van der Waals surface area contributed by atoms with E-state index in [1.54, 1.807) is 36.2 Å². The maximum atomic E-state index is 12.2. The largest absolute Gasteiger partial charge is 0.376 e. The third-order valence-electron chi connectivity index (χ3n) is 3.34. The maximum absolute atomic E-state index is 12.2. The summed E-state index contributed by atoms with van der Waals surface area (Å²) in [5.74, 6) is -0.0636. The minimum Gasteiger partial charge on any atom is -0.376 e. The highest BCUT2D eigenvalue weighted by atomic mass is 16.5. The fourth-order valence-electron chi connectivity index (χ4n) is 2.28. The molecule has 1 aromatic rings. The number of ether oxygens (including phenoxy) is 1. The number of benzene rings is 1. The first-order valence-corrected chi connectivity index (χ1v) is 6.58. The number of carbonyl (C=O) groups excluding carboxylic acids is 1. The van der Waals surface area contributed by atoms with Crippen LogP contribution in [0.15, 0.2) is 24.3 Å². The average molecular weight is 258 g/mol. The second-order valence-corrected chi connectivity index (χ2v) is 4.87. The molecule has 1 heterocycles. The van der Waals surface area contributed by atoms with Crippen LogP contribution in [0.2, 0.25) is 0 Å². The number of amides is 1. The molecule has 1 atom stereocenters. The molecule has 0 aromatic heterocycles. The molecule has 100 valence electrons. The fraction of sp³-hybridized carbons (Fsp3) is 0.467. The monoisotopic (exact) mass is 258 g/mol. The molecule has 0 saturated carbocycles. The highest BCUT2D eigenvalue weighted by Gasteiger charge is 2.19. The van der Waals surface area contributed by atoms with Gasteiger partial charge in [-0.2, -0.15) is 5.26 Å². The van der Waals surface area contributed by atoms with Crippen molar-refractivity contribution in [2.45, 2.75) is 25.4 Å². The van der Waals surface area contributed by atoms with Crippen molar-refractivity contribution in [2.75, 3.05) is 20.2 Å². The standard InChI is InChI=1S/C15H18N2O2/c1-17(11-14-7-2-3-8-19-14)15(18)13-6-4-5-12(9-13)10-16/h4-6,9,14H,2-3,7-8,11H2,1H3. The summed E-state index contributed by atoms with van der Waals surface area (Å²) in [5, 5.41) is 8.85. The first-order valence-electron chi connectivity index (χ1n) is 6.58. The van der Waals surface area contributed by atoms with Crippen LogP contribution < -0.4 is 0 Å². The van der Waals surface area contributed by atoms with Gasteiger partial charge >= 0.3 is 0 Å². The highest BCUT2D eigenvalue weighted by molar-refractivity contribution is 5.94. The molecule has 0 bridgehead atoms. The van der Waals surface area contributed by atoms with Gasteiger partial charge in [0.1, 0.15) is 0 Å². The molecule has 0 radical (unpaired) electrons. The lowest BCUT2D eigenvalue weighted by Crippen LogP contribution is -2.37. The van der Waals surface area contributed by atoms with Crippen molar-refractivity contribution in [2.24, 2.45) is 0 Å². The first kappa shape index (κ1) is 13.6. The number of nitriles is 1. The molecular formula is C15H18N2O2. The smallest absolute Gasteiger partial charge is 0.253 e. The Labute approximate surface area is 113 Å². The third kappa shape index (κ3) is 3.55. The Bertz CT molecular complexity index is 487. The van der Waals surface area contributed by atoms with E-state index in [4.69, 9.17) is 10.00 Å². The summed E-state index contributed by atoms with van der Waals surface area (Å²) < 4.78 is 5.63. The Kier molecular flexibility index (Phi) is 4.53. The van der Waals surface area contributed by atoms with Crippen LogP contribution in [0.4, 0.5) is 0 Å². The number of likely N-dealkylation sites (N-methyl/N-ethyl adjacent to an activating group) is 1. The van der Waals surface area contributed by atoms with Gasteiger partial charge in [-0.25, -0.2) is 0 Å². The molecule has 1 aliphatic rings. The van der Waals surface area contributed by atoms with Gasteiger partial charge in [-0.15, -0.1) is 0 Å². The molecule has 2 rings (SSSR count). The Morgan fingerprint density at radius 2 is 2.37 bits per heavy atom. The van der Waals surface area contributed by atoms with Gasteiger partial charge in [-0.1, -0.05) is 6.07 Å². The van der Waals surface area contributed by atoms with Gasteiger partial charge in [0.05, 0.1) is 17.7 Å². The molecule has 1 aliphatic heterocycles. The van der Waals surface area contributed by atoms with Gasteiger partial charge in [0.2, 0.25) is 0 Å². The normalized spacial score (nSPS) is 18.6. The van der Waals surface area contributed by atoms with Gasteiger partial charge in [0.25, 0.3) is 5.91 Å². The van der Waals surface area contributed by atoms with E-state index in [0.29, 0.717) is 17.7 Å². The Balaban J connectivity index is 1.99. The zero-order valence-corrected chi connectivity index (χ0v) is 11.1. The Hall–Kier alpha value is -1.86. The summed E-state index contributed by atoms with van der Waals surface area (Å²) in [6.45, 7) is 1.40. The van der Waals surface area contributed by atoms with Gasteiger partial charge in [-0.3, -0.25) is 4.79 Å². The average Bonchev–Trinajstić information content (AvgIpc) is 2.47. The summed E-state index contributed by atoms with van der Waals surface area (Å²) in [4.78, 5) is 13.9. The van der Waals surface area contributed by atoms with Crippen molar-refractivity contribution in [1.29, 1.82) is 5.26 Å². The summed E-state index contributed by atoms with van der Waals surface area (Å²) in [7, 11) is 1.78. The molecule has 1 unspecified atom stereocenters. The van der Waals surface area contributed by atoms with Gasteiger partial charge in [0, 0.05) is 25.8 Å². The Morgan fingerprint density at radius 1 is 1.53 bits per heavy atom. The highest BCUT2D eigenvalue weighted by Crippen LogP contribution is 2.15. The summed E-state index contributed by atoms with van der Waals surface area (Å²) in [6, 6.07) is 8.84. The predicted molar refractivity (Wildman–Crippen MR) is 71.7 cm³/mol. The van der Waals surface area contributed by atoms with E-state index in [0.717, 1.165) is 25.9 Å². The Morgan fingerprint density at radius 3 is 3.05 bits per heavy atom. The molecule has 1 fully saturated rings. The lowest BCUT2D eigenvalue weighted by atomic mass is 10.1. The number of carbonyl (C=O) groups is 1. The lowest BCUT2D eigenvalue weighted by molar-refractivity contribution is -0.000187. The van der Waals surface area contributed by atoms with Crippen LogP contribution in [0.5, 0.6) is 0 Å². The van der Waals surface area contributed by atoms with E-state index < -0.39 is 0 Å². The molecule has 1 saturated heterocycles. The van der Waals surface area contributed by atoms with E-state index in [9.17, 15) is 4.79 Å². The summed E-state index contributed by atoms with van der Waals surface area (Å²) >= 11 is 0. The first-order chi connectivity index (χ1) is 9.20. The molecule has 1 amide bonds. The van der Waals surface area contributed by atoms with E-state index in [1.165, 1.54) is 0 Å². The molecule has 1 aromatic carbocycles. The minimum atomic E-state index is -0.0636. The second kappa shape index (κ2) is 6.35. The lowest BCUT2D eigenvalue weighted by Gasteiger charge is -2.27. The zero-order valence-electron chi connectivity index (χ0n) is 11.1. The van der Waals surface area contributed by atoms with Gasteiger partial charge < -0.3 is 9.64 Å². The van der Waals surface area contributed by atoms with Crippen molar-refractivity contribution in [3.63, 3.8) is 0 Å². The van der Waals surface area contributed by atoms with E-state index in [2.05, 4.69) is 0 Å². The molecule has 4 heteroatoms. The fourth-order valence-corrected chi connectivity index (χ4v) is 2.28. The molecule has 4 nitrogen and oxygen atoms in total. The quantitative estimate of drug-likeness (QED) is 0.835. The van der Waals surface area contributed by atoms with Crippen molar-refractivity contribution in [3.8, 4) is 6.07 Å². The minimum absolute atomic E-state index is 0.0636. The van der Waals surface area contributed by atoms with E-state index in [1.807, 2.05) is 6.07 Å². The number of hydrogen-bond acceptors (Lipinski definition) is 3. The van der Waals surface area contributed by atoms with Crippen LogP contribution in [-0.4, -0.2) is 37.1 Å². The van der Waals surface area contributed by atoms with Crippen molar-refractivity contribution in [1.82, 2.24) is 4.90 Å². The number of nitrogens with zero attached hydrogens (tertiary/aromatic N) is 2. The maximum Gasteiger partial charge on any atom is 0.253 e. The predicted octanol–water partition coefficient (Wildman–Crippen LogP) is 2.20. The van der Waals surface area contributed by atoms with Crippen LogP contribution in [0, 0.1) is 11.3 Å². The summed E-state index contributed by atoms with van der Waals surface area (Å²) in [6.07, 6.45) is 3.42. The topological polar surface area (TPSA) is 53.3 Å². The molecular weight excluding hydrogens is 240 g/mol. The molecule has 19 heavy (non-hydrogen) atoms. The SMILES string of the molecule is CN(CC1CCCCO1)C(=O)c1cccc(C#N)c1. The molecule has 0 N–H and O–H groups in total. The van der Waals surface area contributed by atoms with Crippen LogP contribution in [-0.2, 0) is 4.74 Å². The van der Waals surface area contributed by atoms with Gasteiger partial charge in [0.15, 0.2) is 0 Å². The van der Waals surface area contributed by atoms with Crippen LogP contribution >= 0.6 is 0 Å². The van der Waals surface area contributed by atoms with E-state index >= 15 is 0 Å². The molecule has 0 spiro atoms. The number of rotatable bonds is 3. The van der Waals surface area contributed by atoms with Crippen LogP contribution in [0.3, 0.4) is 0 Å². The van der Waals surface area contributed by atoms with Crippen LogP contribution in [0.25, 0.3) is 0 Å². The third-order valence-corrected chi connectivity index (χ3v) is 3.34. The van der Waals surface area contributed by atoms with Gasteiger partial charge in [-0.05, 0) is 37.5 Å². The van der Waals surface area contributed by atoms with Crippen molar-refractivity contribution in [3.05, 3.63) is 35.4 Å².